The number of hydrogen-bond donors (Lipinski definition) is 0. The van der Waals surface area contributed by atoms with Gasteiger partial charge in [-0.3, -0.25) is 0 Å². The van der Waals surface area contributed by atoms with Crippen molar-refractivity contribution in [2.75, 3.05) is 0 Å². The number of hydrogen-bond acceptors (Lipinski definition) is 0. The second-order valence-electron chi connectivity index (χ2n) is 8.24. The summed E-state index contributed by atoms with van der Waals surface area (Å²) in [4.78, 5) is 0. The van der Waals surface area contributed by atoms with Gasteiger partial charge in [0.05, 0.1) is 0 Å². The summed E-state index contributed by atoms with van der Waals surface area (Å²) in [5.74, 6) is 7.05. The molecule has 0 heteroatoms. The molecule has 8 atom stereocenters. The molecule has 0 spiro atoms. The maximum absolute atomic E-state index is 4.19. The molecular formula is C23H26. The third kappa shape index (κ3) is 2.04. The molecule has 0 N–H and O–H groups in total. The lowest BCUT2D eigenvalue weighted by molar-refractivity contribution is 0.243. The lowest BCUT2D eigenvalue weighted by Crippen LogP contribution is -2.23. The van der Waals surface area contributed by atoms with Crippen LogP contribution in [0.4, 0.5) is 0 Å². The molecule has 0 amide bonds. The molecule has 3 fully saturated rings. The van der Waals surface area contributed by atoms with Crippen molar-refractivity contribution >= 4 is 6.08 Å². The largest absolute Gasteiger partial charge is 0.103 e. The number of benzene rings is 1. The van der Waals surface area contributed by atoms with E-state index in [9.17, 15) is 0 Å². The van der Waals surface area contributed by atoms with Crippen molar-refractivity contribution in [2.24, 2.45) is 47.3 Å². The van der Waals surface area contributed by atoms with E-state index in [1.165, 1.54) is 24.8 Å². The molecule has 4 aliphatic rings. The summed E-state index contributed by atoms with van der Waals surface area (Å²) in [7, 11) is 0. The maximum atomic E-state index is 4.19. The van der Waals surface area contributed by atoms with Gasteiger partial charge in [-0.15, -0.1) is 6.58 Å². The third-order valence-electron chi connectivity index (χ3n) is 7.40. The zero-order valence-electron chi connectivity index (χ0n) is 13.7. The van der Waals surface area contributed by atoms with Crippen molar-refractivity contribution in [1.29, 1.82) is 0 Å². The fourth-order valence-corrected chi connectivity index (χ4v) is 6.61. The quantitative estimate of drug-likeness (QED) is 0.638. The second-order valence-corrected chi connectivity index (χ2v) is 8.24. The van der Waals surface area contributed by atoms with Gasteiger partial charge in [0.2, 0.25) is 0 Å². The zero-order chi connectivity index (χ0) is 15.4. The predicted molar refractivity (Wildman–Crippen MR) is 96.6 cm³/mol. The van der Waals surface area contributed by atoms with E-state index in [1.807, 2.05) is 0 Å². The molecular weight excluding hydrogens is 276 g/mol. The number of allylic oxidation sites excluding steroid dienone is 4. The minimum Gasteiger partial charge on any atom is -0.103 e. The van der Waals surface area contributed by atoms with E-state index in [4.69, 9.17) is 0 Å². The van der Waals surface area contributed by atoms with Gasteiger partial charge in [-0.2, -0.15) is 0 Å². The number of fused-ring (bicyclic) bond motifs is 7. The highest BCUT2D eigenvalue weighted by Crippen LogP contribution is 2.66. The smallest absolute Gasteiger partial charge is 0.0193 e. The van der Waals surface area contributed by atoms with E-state index in [1.54, 1.807) is 0 Å². The monoisotopic (exact) mass is 302 g/mol. The molecule has 0 nitrogen and oxygen atoms in total. The topological polar surface area (TPSA) is 0 Å². The van der Waals surface area contributed by atoms with Gasteiger partial charge < -0.3 is 0 Å². The normalized spacial score (nSPS) is 46.4. The SMILES string of the molecule is C=CC1CC(/C=C/c2ccccc2)C2CC3C4C=CC(C4)C3C12. The van der Waals surface area contributed by atoms with E-state index in [0.717, 1.165) is 47.3 Å². The molecule has 3 saturated carbocycles. The van der Waals surface area contributed by atoms with Crippen LogP contribution in [0.15, 0.2) is 61.2 Å². The van der Waals surface area contributed by atoms with Crippen LogP contribution in [0.3, 0.4) is 0 Å². The Morgan fingerprint density at radius 1 is 0.826 bits per heavy atom. The van der Waals surface area contributed by atoms with E-state index in [-0.39, 0.29) is 0 Å². The Labute approximate surface area is 140 Å². The molecule has 2 bridgehead atoms. The molecule has 1 aromatic rings. The minimum atomic E-state index is 0.744. The standard InChI is InChI=1S/C23H26/c1-2-16-12-17(9-8-15-6-4-3-5-7-15)20-14-21-18-10-11-19(13-18)23(21)22(16)20/h2-11,16-23H,1,12-14H2/b9-8+. The van der Waals surface area contributed by atoms with E-state index in [2.05, 4.69) is 67.3 Å². The molecule has 8 unspecified atom stereocenters. The maximum Gasteiger partial charge on any atom is -0.0193 e. The van der Waals surface area contributed by atoms with Crippen molar-refractivity contribution in [3.8, 4) is 0 Å². The Morgan fingerprint density at radius 3 is 2.48 bits per heavy atom. The highest BCUT2D eigenvalue weighted by Gasteiger charge is 2.59. The van der Waals surface area contributed by atoms with Crippen LogP contribution in [0.1, 0.15) is 24.8 Å². The first-order chi connectivity index (χ1) is 11.3. The molecule has 5 rings (SSSR count). The summed E-state index contributed by atoms with van der Waals surface area (Å²) >= 11 is 0. The van der Waals surface area contributed by atoms with Crippen LogP contribution in [0, 0.1) is 47.3 Å². The average Bonchev–Trinajstić information content (AvgIpc) is 3.32. The average molecular weight is 302 g/mol. The summed E-state index contributed by atoms with van der Waals surface area (Å²) in [6, 6.07) is 10.8. The summed E-state index contributed by atoms with van der Waals surface area (Å²) in [6.45, 7) is 4.19. The van der Waals surface area contributed by atoms with Gasteiger partial charge in [0.1, 0.15) is 0 Å². The lowest BCUT2D eigenvalue weighted by atomic mass is 9.76. The molecule has 0 saturated heterocycles. The van der Waals surface area contributed by atoms with Gasteiger partial charge in [0.25, 0.3) is 0 Å². The molecule has 0 aromatic heterocycles. The molecule has 1 aromatic carbocycles. The van der Waals surface area contributed by atoms with Crippen LogP contribution in [-0.4, -0.2) is 0 Å². The number of rotatable bonds is 3. The van der Waals surface area contributed by atoms with Crippen molar-refractivity contribution in [3.05, 3.63) is 66.8 Å². The van der Waals surface area contributed by atoms with Crippen LogP contribution in [-0.2, 0) is 0 Å². The van der Waals surface area contributed by atoms with E-state index in [0.29, 0.717) is 0 Å². The fourth-order valence-electron chi connectivity index (χ4n) is 6.61. The summed E-state index contributed by atoms with van der Waals surface area (Å²) in [5, 5.41) is 0. The Morgan fingerprint density at radius 2 is 1.65 bits per heavy atom. The molecule has 4 aliphatic carbocycles. The molecule has 0 heterocycles. The molecule has 0 aliphatic heterocycles. The van der Waals surface area contributed by atoms with E-state index < -0.39 is 0 Å². The summed E-state index contributed by atoms with van der Waals surface area (Å²) < 4.78 is 0. The molecule has 118 valence electrons. The van der Waals surface area contributed by atoms with Crippen molar-refractivity contribution in [2.45, 2.75) is 19.3 Å². The molecule has 23 heavy (non-hydrogen) atoms. The van der Waals surface area contributed by atoms with Gasteiger partial charge in [-0.25, -0.2) is 0 Å². The van der Waals surface area contributed by atoms with Crippen LogP contribution < -0.4 is 0 Å². The Kier molecular flexibility index (Phi) is 3.15. The van der Waals surface area contributed by atoms with Crippen LogP contribution in [0.2, 0.25) is 0 Å². The zero-order valence-corrected chi connectivity index (χ0v) is 13.7. The van der Waals surface area contributed by atoms with Gasteiger partial charge in [0.15, 0.2) is 0 Å². The first-order valence-corrected chi connectivity index (χ1v) is 9.39. The highest BCUT2D eigenvalue weighted by molar-refractivity contribution is 5.49. The van der Waals surface area contributed by atoms with Crippen molar-refractivity contribution in [3.63, 3.8) is 0 Å². The van der Waals surface area contributed by atoms with Crippen LogP contribution in [0.5, 0.6) is 0 Å². The Balaban J connectivity index is 1.41. The van der Waals surface area contributed by atoms with Gasteiger partial charge >= 0.3 is 0 Å². The van der Waals surface area contributed by atoms with Gasteiger partial charge in [0, 0.05) is 0 Å². The van der Waals surface area contributed by atoms with Gasteiger partial charge in [-0.1, -0.05) is 60.7 Å². The Bertz CT molecular complexity index is 652. The highest BCUT2D eigenvalue weighted by atomic mass is 14.6. The van der Waals surface area contributed by atoms with Crippen LogP contribution in [0.25, 0.3) is 6.08 Å². The summed E-state index contributed by atoms with van der Waals surface area (Å²) in [6.07, 6.45) is 16.5. The fraction of sp³-hybridized carbons (Fsp3) is 0.478. The molecule has 0 radical (unpaired) electrons. The first-order valence-electron chi connectivity index (χ1n) is 9.39. The van der Waals surface area contributed by atoms with Crippen molar-refractivity contribution < 1.29 is 0 Å². The third-order valence-corrected chi connectivity index (χ3v) is 7.40. The van der Waals surface area contributed by atoms with Gasteiger partial charge in [-0.05, 0) is 72.2 Å². The minimum absolute atomic E-state index is 0.744. The first kappa shape index (κ1) is 13.8. The van der Waals surface area contributed by atoms with Crippen molar-refractivity contribution in [1.82, 2.24) is 0 Å². The lowest BCUT2D eigenvalue weighted by Gasteiger charge is -2.28. The predicted octanol–water partition coefficient (Wildman–Crippen LogP) is 5.60. The Hall–Kier alpha value is -1.56. The second kappa shape index (κ2) is 5.23. The summed E-state index contributed by atoms with van der Waals surface area (Å²) in [5.41, 5.74) is 1.34. The van der Waals surface area contributed by atoms with E-state index >= 15 is 0 Å². The van der Waals surface area contributed by atoms with Crippen LogP contribution >= 0.6 is 0 Å².